The number of rotatable bonds is 2. The van der Waals surface area contributed by atoms with Gasteiger partial charge in [0.2, 0.25) is 0 Å². The van der Waals surface area contributed by atoms with Gasteiger partial charge in [0, 0.05) is 31.7 Å². The zero-order chi connectivity index (χ0) is 10.3. The van der Waals surface area contributed by atoms with Gasteiger partial charge in [-0.1, -0.05) is 27.7 Å². The van der Waals surface area contributed by atoms with Crippen LogP contribution in [0.4, 0.5) is 0 Å². The Bertz CT molecular complexity index is 210. The summed E-state index contributed by atoms with van der Waals surface area (Å²) in [4.78, 5) is 2.75. The second-order valence-electron chi connectivity index (χ2n) is 5.96. The van der Waals surface area contributed by atoms with Crippen molar-refractivity contribution in [2.24, 2.45) is 11.3 Å². The number of piperazine rings is 1. The Kier molecular flexibility index (Phi) is 2.61. The second kappa shape index (κ2) is 3.49. The number of hydrogen-bond donors (Lipinski definition) is 1. The van der Waals surface area contributed by atoms with Gasteiger partial charge in [0.25, 0.3) is 0 Å². The van der Waals surface area contributed by atoms with Crippen molar-refractivity contribution in [3.05, 3.63) is 0 Å². The molecule has 1 saturated carbocycles. The van der Waals surface area contributed by atoms with Gasteiger partial charge in [-0.05, 0) is 17.8 Å². The lowest BCUT2D eigenvalue weighted by Crippen LogP contribution is -2.55. The smallest absolute Gasteiger partial charge is 0.0247 e. The minimum Gasteiger partial charge on any atom is -0.314 e. The molecule has 2 nitrogen and oxygen atoms in total. The van der Waals surface area contributed by atoms with Crippen LogP contribution in [0.25, 0.3) is 0 Å². The van der Waals surface area contributed by atoms with E-state index in [0.717, 1.165) is 18.0 Å². The van der Waals surface area contributed by atoms with Crippen LogP contribution in [-0.2, 0) is 0 Å². The molecule has 0 radical (unpaired) electrons. The Balaban J connectivity index is 2.01. The van der Waals surface area contributed by atoms with E-state index in [9.17, 15) is 0 Å². The summed E-state index contributed by atoms with van der Waals surface area (Å²) in [5.41, 5.74) is 0.588. The quantitative estimate of drug-likeness (QED) is 0.723. The molecule has 2 unspecified atom stereocenters. The zero-order valence-electron chi connectivity index (χ0n) is 10.0. The molecule has 0 amide bonds. The van der Waals surface area contributed by atoms with Gasteiger partial charge < -0.3 is 5.32 Å². The molecule has 0 aromatic heterocycles. The predicted octanol–water partition coefficient (Wildman–Crippen LogP) is 1.71. The van der Waals surface area contributed by atoms with Crippen LogP contribution in [0, 0.1) is 11.3 Å². The Morgan fingerprint density at radius 2 is 2.00 bits per heavy atom. The van der Waals surface area contributed by atoms with E-state index >= 15 is 0 Å². The van der Waals surface area contributed by atoms with Gasteiger partial charge in [-0.3, -0.25) is 4.90 Å². The van der Waals surface area contributed by atoms with E-state index in [0.29, 0.717) is 5.41 Å². The molecule has 2 aliphatic rings. The molecule has 0 aromatic carbocycles. The fourth-order valence-electron chi connectivity index (χ4n) is 2.75. The van der Waals surface area contributed by atoms with Crippen LogP contribution >= 0.6 is 0 Å². The normalized spacial score (nSPS) is 37.5. The molecular formula is C12H24N2. The largest absolute Gasteiger partial charge is 0.314 e. The highest BCUT2D eigenvalue weighted by molar-refractivity contribution is 5.05. The summed E-state index contributed by atoms with van der Waals surface area (Å²) < 4.78 is 0. The van der Waals surface area contributed by atoms with Crippen molar-refractivity contribution in [1.29, 1.82) is 0 Å². The Morgan fingerprint density at radius 3 is 2.50 bits per heavy atom. The molecule has 1 aliphatic carbocycles. The van der Waals surface area contributed by atoms with Gasteiger partial charge in [0.1, 0.15) is 0 Å². The molecule has 1 heterocycles. The molecular weight excluding hydrogens is 172 g/mol. The fourth-order valence-corrected chi connectivity index (χ4v) is 2.75. The first kappa shape index (κ1) is 10.4. The van der Waals surface area contributed by atoms with Gasteiger partial charge >= 0.3 is 0 Å². The maximum Gasteiger partial charge on any atom is 0.0247 e. The minimum atomic E-state index is 0.588. The third kappa shape index (κ3) is 1.82. The average Bonchev–Trinajstić information content (AvgIpc) is 2.75. The summed E-state index contributed by atoms with van der Waals surface area (Å²) in [6, 6.07) is 1.62. The molecule has 0 aromatic rings. The first-order valence-electron chi connectivity index (χ1n) is 5.99. The molecule has 2 rings (SSSR count). The highest BCUT2D eigenvalue weighted by Gasteiger charge is 2.51. The summed E-state index contributed by atoms with van der Waals surface area (Å²) in [7, 11) is 0. The average molecular weight is 196 g/mol. The van der Waals surface area contributed by atoms with Gasteiger partial charge in [0.05, 0.1) is 0 Å². The summed E-state index contributed by atoms with van der Waals surface area (Å²) in [6.45, 7) is 13.1. The highest BCUT2D eigenvalue weighted by Crippen LogP contribution is 2.49. The lowest BCUT2D eigenvalue weighted by Gasteiger charge is -2.39. The molecule has 0 bridgehead atoms. The summed E-state index contributed by atoms with van der Waals surface area (Å²) in [6.07, 6.45) is 1.40. The van der Waals surface area contributed by atoms with E-state index < -0.39 is 0 Å². The van der Waals surface area contributed by atoms with Crippen molar-refractivity contribution in [3.8, 4) is 0 Å². The summed E-state index contributed by atoms with van der Waals surface area (Å²) >= 11 is 0. The molecule has 1 saturated heterocycles. The van der Waals surface area contributed by atoms with Gasteiger partial charge in [-0.2, -0.15) is 0 Å². The van der Waals surface area contributed by atoms with Crippen LogP contribution in [-0.4, -0.2) is 36.6 Å². The lowest BCUT2D eigenvalue weighted by atomic mass is 9.99. The van der Waals surface area contributed by atoms with E-state index in [1.165, 1.54) is 26.1 Å². The number of hydrogen-bond acceptors (Lipinski definition) is 2. The highest BCUT2D eigenvalue weighted by atomic mass is 15.3. The van der Waals surface area contributed by atoms with E-state index in [2.05, 4.69) is 37.9 Å². The topological polar surface area (TPSA) is 15.3 Å². The maximum absolute atomic E-state index is 3.51. The number of nitrogens with one attached hydrogen (secondary N) is 1. The molecule has 1 aliphatic heterocycles. The summed E-state index contributed by atoms with van der Waals surface area (Å²) in [5.74, 6) is 0.777. The van der Waals surface area contributed by atoms with E-state index in [4.69, 9.17) is 0 Å². The van der Waals surface area contributed by atoms with Crippen molar-refractivity contribution in [1.82, 2.24) is 10.2 Å². The molecule has 0 spiro atoms. The molecule has 1 N–H and O–H groups in total. The Hall–Kier alpha value is -0.0800. The molecule has 82 valence electrons. The molecule has 2 atom stereocenters. The fraction of sp³-hybridized carbons (Fsp3) is 1.00. The summed E-state index contributed by atoms with van der Waals surface area (Å²) in [5, 5.41) is 3.51. The molecule has 14 heavy (non-hydrogen) atoms. The van der Waals surface area contributed by atoms with Crippen LogP contribution < -0.4 is 5.32 Å². The van der Waals surface area contributed by atoms with Crippen molar-refractivity contribution >= 4 is 0 Å². The van der Waals surface area contributed by atoms with Crippen LogP contribution in [0.5, 0.6) is 0 Å². The third-order valence-corrected chi connectivity index (χ3v) is 3.96. The monoisotopic (exact) mass is 196 g/mol. The second-order valence-corrected chi connectivity index (χ2v) is 5.96. The SMILES string of the molecule is CC(C)C1CNCCN1C1CC1(C)C. The van der Waals surface area contributed by atoms with Crippen LogP contribution in [0.3, 0.4) is 0 Å². The van der Waals surface area contributed by atoms with E-state index in [1.807, 2.05) is 0 Å². The first-order valence-corrected chi connectivity index (χ1v) is 5.99. The van der Waals surface area contributed by atoms with Crippen LogP contribution in [0.1, 0.15) is 34.1 Å². The minimum absolute atomic E-state index is 0.588. The zero-order valence-corrected chi connectivity index (χ0v) is 10.0. The van der Waals surface area contributed by atoms with Crippen molar-refractivity contribution in [3.63, 3.8) is 0 Å². The first-order chi connectivity index (χ1) is 6.52. The standard InChI is InChI=1S/C12H24N2/c1-9(2)10-8-13-5-6-14(10)11-7-12(11,3)4/h9-11,13H,5-8H2,1-4H3. The van der Waals surface area contributed by atoms with Crippen molar-refractivity contribution in [2.75, 3.05) is 19.6 Å². The Labute approximate surface area is 88.1 Å². The van der Waals surface area contributed by atoms with E-state index in [-0.39, 0.29) is 0 Å². The predicted molar refractivity (Wildman–Crippen MR) is 60.4 cm³/mol. The number of nitrogens with zero attached hydrogens (tertiary/aromatic N) is 1. The molecule has 2 heteroatoms. The van der Waals surface area contributed by atoms with Crippen LogP contribution in [0.15, 0.2) is 0 Å². The Morgan fingerprint density at radius 1 is 1.36 bits per heavy atom. The van der Waals surface area contributed by atoms with Crippen molar-refractivity contribution < 1.29 is 0 Å². The van der Waals surface area contributed by atoms with Crippen molar-refractivity contribution in [2.45, 2.75) is 46.2 Å². The third-order valence-electron chi connectivity index (χ3n) is 3.96. The van der Waals surface area contributed by atoms with E-state index in [1.54, 1.807) is 0 Å². The maximum atomic E-state index is 3.51. The van der Waals surface area contributed by atoms with Crippen LogP contribution in [0.2, 0.25) is 0 Å². The van der Waals surface area contributed by atoms with Gasteiger partial charge in [0.15, 0.2) is 0 Å². The van der Waals surface area contributed by atoms with Gasteiger partial charge in [-0.15, -0.1) is 0 Å². The van der Waals surface area contributed by atoms with Gasteiger partial charge in [-0.25, -0.2) is 0 Å². The molecule has 2 fully saturated rings. The lowest BCUT2D eigenvalue weighted by molar-refractivity contribution is 0.103.